The van der Waals surface area contributed by atoms with Crippen molar-refractivity contribution >= 4 is 5.69 Å². The molecular weight excluding hydrogens is 242 g/mol. The van der Waals surface area contributed by atoms with Crippen molar-refractivity contribution in [2.75, 3.05) is 51.3 Å². The summed E-state index contributed by atoms with van der Waals surface area (Å²) in [5.41, 5.74) is 3.39. The lowest BCUT2D eigenvalue weighted by Crippen LogP contribution is -2.47. The molecule has 106 valence electrons. The number of nitrogens with one attached hydrogen (secondary N) is 1. The zero-order valence-corrected chi connectivity index (χ0v) is 11.5. The Balaban J connectivity index is 1.85. The van der Waals surface area contributed by atoms with Crippen LogP contribution in [-0.2, 0) is 0 Å². The van der Waals surface area contributed by atoms with Gasteiger partial charge in [-0.25, -0.2) is 5.48 Å². The fraction of sp³-hybridized carbons (Fsp3) is 0.571. The van der Waals surface area contributed by atoms with Gasteiger partial charge in [0, 0.05) is 32.7 Å². The molecule has 0 atom stereocenters. The maximum Gasteiger partial charge on any atom is 0.142 e. The minimum atomic E-state index is 0.659. The summed E-state index contributed by atoms with van der Waals surface area (Å²) in [5, 5.41) is 8.55. The van der Waals surface area contributed by atoms with E-state index in [1.54, 1.807) is 7.11 Å². The fourth-order valence-corrected chi connectivity index (χ4v) is 2.49. The van der Waals surface area contributed by atoms with E-state index in [1.165, 1.54) is 5.69 Å². The SMILES string of the molecule is COc1ccccc1N1CCN(CCCNO)CC1. The molecule has 0 aromatic heterocycles. The molecular formula is C14H23N3O2. The van der Waals surface area contributed by atoms with Crippen LogP contribution in [-0.4, -0.2) is 56.5 Å². The minimum absolute atomic E-state index is 0.659. The zero-order chi connectivity index (χ0) is 13.5. The summed E-state index contributed by atoms with van der Waals surface area (Å²) < 4.78 is 5.41. The molecule has 1 aliphatic heterocycles. The molecule has 0 radical (unpaired) electrons. The molecule has 0 amide bonds. The van der Waals surface area contributed by atoms with Gasteiger partial charge in [0.25, 0.3) is 0 Å². The molecule has 5 nitrogen and oxygen atoms in total. The Bertz CT molecular complexity index is 379. The predicted octanol–water partition coefficient (Wildman–Crippen LogP) is 1.19. The van der Waals surface area contributed by atoms with Gasteiger partial charge in [-0.15, -0.1) is 0 Å². The van der Waals surface area contributed by atoms with Gasteiger partial charge in [-0.05, 0) is 25.1 Å². The number of hydrogen-bond acceptors (Lipinski definition) is 5. The maximum atomic E-state index is 8.55. The highest BCUT2D eigenvalue weighted by atomic mass is 16.5. The summed E-state index contributed by atoms with van der Waals surface area (Å²) in [5.74, 6) is 0.945. The second-order valence-corrected chi connectivity index (χ2v) is 4.76. The van der Waals surface area contributed by atoms with Gasteiger partial charge in [0.2, 0.25) is 0 Å². The lowest BCUT2D eigenvalue weighted by Gasteiger charge is -2.36. The van der Waals surface area contributed by atoms with Crippen LogP contribution in [0.15, 0.2) is 24.3 Å². The maximum absolute atomic E-state index is 8.55. The normalized spacial score (nSPS) is 16.6. The summed E-state index contributed by atoms with van der Waals surface area (Å²) in [6.07, 6.45) is 0.977. The van der Waals surface area contributed by atoms with Crippen molar-refractivity contribution in [2.45, 2.75) is 6.42 Å². The van der Waals surface area contributed by atoms with Crippen molar-refractivity contribution in [3.63, 3.8) is 0 Å². The van der Waals surface area contributed by atoms with E-state index in [0.29, 0.717) is 6.54 Å². The molecule has 0 spiro atoms. The van der Waals surface area contributed by atoms with Crippen LogP contribution < -0.4 is 15.1 Å². The molecule has 1 aromatic rings. The predicted molar refractivity (Wildman–Crippen MR) is 76.1 cm³/mol. The molecule has 1 heterocycles. The van der Waals surface area contributed by atoms with Crippen molar-refractivity contribution in [3.05, 3.63) is 24.3 Å². The largest absolute Gasteiger partial charge is 0.495 e. The van der Waals surface area contributed by atoms with Crippen molar-refractivity contribution in [3.8, 4) is 5.75 Å². The smallest absolute Gasteiger partial charge is 0.142 e. The van der Waals surface area contributed by atoms with Crippen LogP contribution in [0.2, 0.25) is 0 Å². The van der Waals surface area contributed by atoms with Gasteiger partial charge in [0.1, 0.15) is 5.75 Å². The lowest BCUT2D eigenvalue weighted by molar-refractivity contribution is 0.156. The molecule has 2 rings (SSSR count). The fourth-order valence-electron chi connectivity index (χ4n) is 2.49. The highest BCUT2D eigenvalue weighted by Gasteiger charge is 2.18. The van der Waals surface area contributed by atoms with Crippen LogP contribution in [0.4, 0.5) is 5.69 Å². The first-order valence-corrected chi connectivity index (χ1v) is 6.82. The molecule has 5 heteroatoms. The van der Waals surface area contributed by atoms with Crippen LogP contribution in [0.5, 0.6) is 5.75 Å². The van der Waals surface area contributed by atoms with E-state index in [-0.39, 0.29) is 0 Å². The Morgan fingerprint density at radius 1 is 1.21 bits per heavy atom. The minimum Gasteiger partial charge on any atom is -0.495 e. The van der Waals surface area contributed by atoms with Gasteiger partial charge in [0.05, 0.1) is 12.8 Å². The topological polar surface area (TPSA) is 48.0 Å². The van der Waals surface area contributed by atoms with E-state index in [2.05, 4.69) is 27.4 Å². The lowest BCUT2D eigenvalue weighted by atomic mass is 10.2. The first-order chi connectivity index (χ1) is 9.35. The van der Waals surface area contributed by atoms with E-state index in [1.807, 2.05) is 12.1 Å². The second-order valence-electron chi connectivity index (χ2n) is 4.76. The van der Waals surface area contributed by atoms with E-state index in [0.717, 1.165) is 44.9 Å². The Morgan fingerprint density at radius 3 is 2.63 bits per heavy atom. The van der Waals surface area contributed by atoms with Crippen LogP contribution in [0, 0.1) is 0 Å². The molecule has 0 aliphatic carbocycles. The molecule has 0 bridgehead atoms. The van der Waals surface area contributed by atoms with E-state index in [9.17, 15) is 0 Å². The number of anilines is 1. The number of para-hydroxylation sites is 2. The summed E-state index contributed by atoms with van der Waals surface area (Å²) in [7, 11) is 1.72. The van der Waals surface area contributed by atoms with Gasteiger partial charge >= 0.3 is 0 Å². The molecule has 2 N–H and O–H groups in total. The number of benzene rings is 1. The molecule has 0 saturated carbocycles. The van der Waals surface area contributed by atoms with Crippen molar-refractivity contribution in [1.82, 2.24) is 10.4 Å². The Labute approximate surface area is 114 Å². The number of methoxy groups -OCH3 is 1. The second kappa shape index (κ2) is 7.33. The monoisotopic (exact) mass is 265 g/mol. The van der Waals surface area contributed by atoms with Gasteiger partial charge in [-0.2, -0.15) is 0 Å². The van der Waals surface area contributed by atoms with Crippen molar-refractivity contribution < 1.29 is 9.94 Å². The summed E-state index contributed by atoms with van der Waals surface area (Å²) in [4.78, 5) is 4.81. The van der Waals surface area contributed by atoms with Crippen LogP contribution in [0.3, 0.4) is 0 Å². The number of piperazine rings is 1. The summed E-state index contributed by atoms with van der Waals surface area (Å²) in [6.45, 7) is 5.85. The molecule has 1 aliphatic rings. The molecule has 1 aromatic carbocycles. The first-order valence-electron chi connectivity index (χ1n) is 6.82. The van der Waals surface area contributed by atoms with E-state index < -0.39 is 0 Å². The van der Waals surface area contributed by atoms with Crippen LogP contribution in [0.1, 0.15) is 6.42 Å². The average molecular weight is 265 g/mol. The van der Waals surface area contributed by atoms with Crippen molar-refractivity contribution in [1.29, 1.82) is 0 Å². The third-order valence-corrected chi connectivity index (χ3v) is 3.56. The van der Waals surface area contributed by atoms with Gasteiger partial charge in [0.15, 0.2) is 0 Å². The number of rotatable bonds is 6. The number of hydroxylamine groups is 1. The average Bonchev–Trinajstić information content (AvgIpc) is 2.48. The van der Waals surface area contributed by atoms with Crippen LogP contribution >= 0.6 is 0 Å². The Kier molecular flexibility index (Phi) is 5.44. The Morgan fingerprint density at radius 2 is 1.95 bits per heavy atom. The summed E-state index contributed by atoms with van der Waals surface area (Å²) >= 11 is 0. The van der Waals surface area contributed by atoms with Crippen molar-refractivity contribution in [2.24, 2.45) is 0 Å². The molecule has 1 fully saturated rings. The standard InChI is InChI=1S/C14H23N3O2/c1-19-14-6-3-2-5-13(14)17-11-9-16(10-12-17)8-4-7-15-18/h2-3,5-6,15,18H,4,7-12H2,1H3. The highest BCUT2D eigenvalue weighted by Crippen LogP contribution is 2.28. The number of nitrogens with zero attached hydrogens (tertiary/aromatic N) is 2. The zero-order valence-electron chi connectivity index (χ0n) is 11.5. The van der Waals surface area contributed by atoms with Gasteiger partial charge in [-0.3, -0.25) is 4.90 Å². The highest BCUT2D eigenvalue weighted by molar-refractivity contribution is 5.58. The third-order valence-electron chi connectivity index (χ3n) is 3.56. The van der Waals surface area contributed by atoms with Gasteiger partial charge in [-0.1, -0.05) is 12.1 Å². The molecule has 0 unspecified atom stereocenters. The molecule has 1 saturated heterocycles. The summed E-state index contributed by atoms with van der Waals surface area (Å²) in [6, 6.07) is 8.18. The van der Waals surface area contributed by atoms with Crippen LogP contribution in [0.25, 0.3) is 0 Å². The van der Waals surface area contributed by atoms with E-state index in [4.69, 9.17) is 9.94 Å². The molecule has 19 heavy (non-hydrogen) atoms. The third kappa shape index (κ3) is 3.83. The number of ether oxygens (including phenoxy) is 1. The quantitative estimate of drug-likeness (QED) is 0.597. The first kappa shape index (κ1) is 14.1. The number of hydrogen-bond donors (Lipinski definition) is 2. The van der Waals surface area contributed by atoms with Gasteiger partial charge < -0.3 is 14.8 Å². The van der Waals surface area contributed by atoms with E-state index >= 15 is 0 Å². The Hall–Kier alpha value is -1.30.